The van der Waals surface area contributed by atoms with E-state index in [-0.39, 0.29) is 56.9 Å². The van der Waals surface area contributed by atoms with Gasteiger partial charge in [0.2, 0.25) is 0 Å². The number of benzene rings is 1. The van der Waals surface area contributed by atoms with Crippen molar-refractivity contribution in [2.24, 2.45) is 0 Å². The van der Waals surface area contributed by atoms with Gasteiger partial charge in [-0.2, -0.15) is 0 Å². The van der Waals surface area contributed by atoms with E-state index in [1.165, 1.54) is 12.1 Å². The van der Waals surface area contributed by atoms with Gasteiger partial charge in [-0.1, -0.05) is 17.8 Å². The third kappa shape index (κ3) is 6.34. The Labute approximate surface area is 143 Å². The molecule has 0 bridgehead atoms. The molecule has 0 radical (unpaired) electrons. The second kappa shape index (κ2) is 6.67. The summed E-state index contributed by atoms with van der Waals surface area (Å²) in [6.07, 6.45) is 4.25. The molecule has 0 aliphatic rings. The molecule has 0 N–H and O–H groups in total. The van der Waals surface area contributed by atoms with Crippen molar-refractivity contribution in [3.8, 4) is 12.3 Å². The zero-order chi connectivity index (χ0) is 10.8. The molecule has 15 heavy (non-hydrogen) atoms. The summed E-state index contributed by atoms with van der Waals surface area (Å²) >= 11 is 1.95. The van der Waals surface area contributed by atoms with E-state index < -0.39 is 13.3 Å². The standard InChI is InChI=1S/C9H6BF3I.K/c1-2-7-3-8(5-9(14)4-7)6-10(11,12)13;/h1,3-5H,6H2;/q-1;+1. The first-order valence-electron chi connectivity index (χ1n) is 3.88. The van der Waals surface area contributed by atoms with E-state index in [1.54, 1.807) is 6.07 Å². The molecule has 6 heteroatoms. The van der Waals surface area contributed by atoms with Crippen LogP contribution >= 0.6 is 22.6 Å². The minimum absolute atomic E-state index is 0. The molecule has 74 valence electrons. The van der Waals surface area contributed by atoms with Gasteiger partial charge in [-0.25, -0.2) is 0 Å². The van der Waals surface area contributed by atoms with Crippen LogP contribution in [0, 0.1) is 15.9 Å². The Kier molecular flexibility index (Phi) is 7.11. The van der Waals surface area contributed by atoms with Crippen LogP contribution in [0.2, 0.25) is 0 Å². The molecule has 0 unspecified atom stereocenters. The van der Waals surface area contributed by atoms with E-state index in [9.17, 15) is 12.9 Å². The molecule has 1 aromatic rings. The molecule has 0 aromatic heterocycles. The molecule has 0 spiro atoms. The molecule has 0 saturated carbocycles. The van der Waals surface area contributed by atoms with Gasteiger partial charge < -0.3 is 12.9 Å². The van der Waals surface area contributed by atoms with Crippen molar-refractivity contribution in [1.82, 2.24) is 0 Å². The van der Waals surface area contributed by atoms with Crippen LogP contribution in [0.25, 0.3) is 0 Å². The molecule has 0 fully saturated rings. The SMILES string of the molecule is C#Cc1cc(I)cc(C[B-](F)(F)F)c1.[K+]. The maximum atomic E-state index is 12.1. The Bertz CT molecular complexity index is 384. The minimum atomic E-state index is -4.79. The smallest absolute Gasteiger partial charge is 0.449 e. The second-order valence-electron chi connectivity index (χ2n) is 2.91. The summed E-state index contributed by atoms with van der Waals surface area (Å²) in [6.45, 7) is -4.79. The monoisotopic (exact) mass is 348 g/mol. The zero-order valence-corrected chi connectivity index (χ0v) is 13.4. The van der Waals surface area contributed by atoms with Crippen LogP contribution in [0.1, 0.15) is 11.1 Å². The molecule has 0 aliphatic carbocycles. The van der Waals surface area contributed by atoms with Crippen molar-refractivity contribution >= 4 is 29.6 Å². The van der Waals surface area contributed by atoms with Gasteiger partial charge in [-0.15, -0.1) is 6.42 Å². The molecule has 0 nitrogen and oxygen atoms in total. The fraction of sp³-hybridized carbons (Fsp3) is 0.111. The van der Waals surface area contributed by atoms with E-state index in [1.807, 2.05) is 22.6 Å². The Balaban J connectivity index is 0.00000196. The molecule has 0 atom stereocenters. The number of rotatable bonds is 2. The summed E-state index contributed by atoms with van der Waals surface area (Å²) in [7, 11) is 0. The molecule has 1 aromatic carbocycles. The fourth-order valence-corrected chi connectivity index (χ4v) is 1.85. The minimum Gasteiger partial charge on any atom is -0.449 e. The number of halogens is 4. The van der Waals surface area contributed by atoms with Crippen LogP contribution in [0.5, 0.6) is 0 Å². The van der Waals surface area contributed by atoms with Crippen LogP contribution in [0.3, 0.4) is 0 Å². The summed E-state index contributed by atoms with van der Waals surface area (Å²) in [6, 6.07) is 4.57. The van der Waals surface area contributed by atoms with Crippen LogP contribution in [0.4, 0.5) is 12.9 Å². The van der Waals surface area contributed by atoms with Crippen molar-refractivity contribution in [2.45, 2.75) is 6.32 Å². The van der Waals surface area contributed by atoms with Crippen molar-refractivity contribution in [1.29, 1.82) is 0 Å². The molecule has 1 rings (SSSR count). The van der Waals surface area contributed by atoms with Gasteiger partial charge in [0.1, 0.15) is 0 Å². The van der Waals surface area contributed by atoms with Gasteiger partial charge in [0.05, 0.1) is 0 Å². The number of terminal acetylenes is 1. The summed E-state index contributed by atoms with van der Waals surface area (Å²) in [5, 5.41) is 0. The summed E-state index contributed by atoms with van der Waals surface area (Å²) < 4.78 is 37.1. The Morgan fingerprint density at radius 1 is 1.27 bits per heavy atom. The number of hydrogen-bond acceptors (Lipinski definition) is 0. The van der Waals surface area contributed by atoms with Crippen LogP contribution in [0.15, 0.2) is 18.2 Å². The maximum Gasteiger partial charge on any atom is 1.00 e. The van der Waals surface area contributed by atoms with Crippen LogP contribution in [-0.4, -0.2) is 6.98 Å². The van der Waals surface area contributed by atoms with Crippen LogP contribution < -0.4 is 51.4 Å². The van der Waals surface area contributed by atoms with E-state index in [2.05, 4.69) is 5.92 Å². The van der Waals surface area contributed by atoms with E-state index >= 15 is 0 Å². The Morgan fingerprint density at radius 3 is 2.33 bits per heavy atom. The quantitative estimate of drug-likeness (QED) is 0.407. The van der Waals surface area contributed by atoms with Gasteiger partial charge in [0.25, 0.3) is 0 Å². The summed E-state index contributed by atoms with van der Waals surface area (Å²) in [5.74, 6) is 2.33. The topological polar surface area (TPSA) is 0 Å². The van der Waals surface area contributed by atoms with Crippen molar-refractivity contribution < 1.29 is 64.3 Å². The average molecular weight is 348 g/mol. The first kappa shape index (κ1) is 16.0. The maximum absolute atomic E-state index is 12.1. The predicted molar refractivity (Wildman–Crippen MR) is 59.9 cm³/mol. The largest absolute Gasteiger partial charge is 1.00 e. The third-order valence-corrected chi connectivity index (χ3v) is 2.21. The average Bonchev–Trinajstić information content (AvgIpc) is 1.99. The van der Waals surface area contributed by atoms with Crippen molar-refractivity contribution in [2.75, 3.05) is 0 Å². The Morgan fingerprint density at radius 2 is 1.87 bits per heavy atom. The zero-order valence-electron chi connectivity index (χ0n) is 8.11. The van der Waals surface area contributed by atoms with Crippen LogP contribution in [-0.2, 0) is 6.32 Å². The van der Waals surface area contributed by atoms with Crippen molar-refractivity contribution in [3.63, 3.8) is 0 Å². The molecule has 0 heterocycles. The van der Waals surface area contributed by atoms with E-state index in [4.69, 9.17) is 6.42 Å². The first-order valence-corrected chi connectivity index (χ1v) is 4.95. The normalized spacial score (nSPS) is 10.3. The first-order chi connectivity index (χ1) is 6.40. The molecule has 0 amide bonds. The van der Waals surface area contributed by atoms with Gasteiger partial charge in [0, 0.05) is 9.13 Å². The van der Waals surface area contributed by atoms with Gasteiger partial charge in [-0.05, 0) is 40.8 Å². The third-order valence-electron chi connectivity index (χ3n) is 1.59. The number of hydrogen-bond donors (Lipinski definition) is 0. The molecule has 0 aliphatic heterocycles. The van der Waals surface area contributed by atoms with Gasteiger partial charge >= 0.3 is 58.4 Å². The molecule has 0 saturated heterocycles. The second-order valence-corrected chi connectivity index (χ2v) is 4.15. The molecular weight excluding hydrogens is 342 g/mol. The summed E-state index contributed by atoms with van der Waals surface area (Å²) in [5.41, 5.74) is 0.726. The van der Waals surface area contributed by atoms with Gasteiger partial charge in [-0.3, -0.25) is 0 Å². The summed E-state index contributed by atoms with van der Waals surface area (Å²) in [4.78, 5) is 0. The molecular formula is C9H6BF3IK. The van der Waals surface area contributed by atoms with Crippen molar-refractivity contribution in [3.05, 3.63) is 32.9 Å². The predicted octanol–water partition coefficient (Wildman–Crippen LogP) is 0.206. The van der Waals surface area contributed by atoms with E-state index in [0.717, 1.165) is 3.57 Å². The van der Waals surface area contributed by atoms with Gasteiger partial charge in [0.15, 0.2) is 0 Å². The van der Waals surface area contributed by atoms with E-state index in [0.29, 0.717) is 5.56 Å². The Hall–Kier alpha value is 1.00. The fourth-order valence-electron chi connectivity index (χ4n) is 1.12.